The molecule has 2 heterocycles. The van der Waals surface area contributed by atoms with Crippen LogP contribution in [0, 0.1) is 5.82 Å². The summed E-state index contributed by atoms with van der Waals surface area (Å²) in [7, 11) is -2.93. The van der Waals surface area contributed by atoms with Gasteiger partial charge in [-0.2, -0.15) is 0 Å². The van der Waals surface area contributed by atoms with Crippen LogP contribution in [-0.4, -0.2) is 39.9 Å². The highest BCUT2D eigenvalue weighted by Crippen LogP contribution is 2.32. The van der Waals surface area contributed by atoms with Gasteiger partial charge in [0, 0.05) is 17.4 Å². The van der Waals surface area contributed by atoms with Gasteiger partial charge in [0.1, 0.15) is 5.82 Å². The molecular formula is C15H16FN3O2S2. The first-order chi connectivity index (χ1) is 11.0. The van der Waals surface area contributed by atoms with Crippen molar-refractivity contribution in [1.82, 2.24) is 14.8 Å². The van der Waals surface area contributed by atoms with Gasteiger partial charge in [-0.05, 0) is 30.7 Å². The lowest BCUT2D eigenvalue weighted by Gasteiger charge is -2.10. The van der Waals surface area contributed by atoms with Crippen LogP contribution in [0.3, 0.4) is 0 Å². The summed E-state index contributed by atoms with van der Waals surface area (Å²) in [4.78, 5) is 0. The summed E-state index contributed by atoms with van der Waals surface area (Å²) in [5, 5.41) is 9.02. The number of allylic oxidation sites excluding steroid dienone is 1. The number of halogens is 1. The molecule has 0 saturated carbocycles. The summed E-state index contributed by atoms with van der Waals surface area (Å²) in [5.41, 5.74) is 0.756. The van der Waals surface area contributed by atoms with Crippen molar-refractivity contribution in [3.63, 3.8) is 0 Å². The molecule has 122 valence electrons. The lowest BCUT2D eigenvalue weighted by molar-refractivity contribution is 0.602. The van der Waals surface area contributed by atoms with E-state index in [2.05, 4.69) is 16.8 Å². The molecule has 1 atom stereocenters. The summed E-state index contributed by atoms with van der Waals surface area (Å²) in [6.45, 7) is 4.24. The van der Waals surface area contributed by atoms with Crippen LogP contribution in [0.1, 0.15) is 6.42 Å². The smallest absolute Gasteiger partial charge is 0.192 e. The van der Waals surface area contributed by atoms with Gasteiger partial charge >= 0.3 is 0 Å². The van der Waals surface area contributed by atoms with Crippen LogP contribution < -0.4 is 0 Å². The van der Waals surface area contributed by atoms with E-state index < -0.39 is 9.84 Å². The van der Waals surface area contributed by atoms with Crippen molar-refractivity contribution < 1.29 is 12.8 Å². The molecule has 1 unspecified atom stereocenters. The number of sulfone groups is 1. The number of hydrogen-bond donors (Lipinski definition) is 0. The van der Waals surface area contributed by atoms with Crippen molar-refractivity contribution in [3.8, 4) is 11.4 Å². The molecule has 0 radical (unpaired) electrons. The van der Waals surface area contributed by atoms with Gasteiger partial charge in [0.25, 0.3) is 0 Å². The summed E-state index contributed by atoms with van der Waals surface area (Å²) >= 11 is 1.43. The maximum absolute atomic E-state index is 13.1. The summed E-state index contributed by atoms with van der Waals surface area (Å²) in [6.07, 6.45) is 2.35. The monoisotopic (exact) mass is 353 g/mol. The number of nitrogens with zero attached hydrogens (tertiary/aromatic N) is 3. The summed E-state index contributed by atoms with van der Waals surface area (Å²) in [5.74, 6) is 0.706. The van der Waals surface area contributed by atoms with Crippen molar-refractivity contribution in [1.29, 1.82) is 0 Å². The van der Waals surface area contributed by atoms with Gasteiger partial charge in [-0.15, -0.1) is 16.8 Å². The fourth-order valence-electron chi connectivity index (χ4n) is 2.48. The molecule has 1 aromatic heterocycles. The topological polar surface area (TPSA) is 64.8 Å². The van der Waals surface area contributed by atoms with Crippen molar-refractivity contribution in [2.75, 3.05) is 11.5 Å². The molecule has 1 saturated heterocycles. The highest BCUT2D eigenvalue weighted by molar-refractivity contribution is 8.01. The van der Waals surface area contributed by atoms with E-state index in [1.807, 2.05) is 4.57 Å². The Morgan fingerprint density at radius 3 is 2.70 bits per heavy atom. The van der Waals surface area contributed by atoms with Crippen LogP contribution in [0.2, 0.25) is 0 Å². The van der Waals surface area contributed by atoms with Crippen molar-refractivity contribution in [3.05, 3.63) is 42.7 Å². The van der Waals surface area contributed by atoms with Crippen LogP contribution >= 0.6 is 11.8 Å². The molecule has 0 spiro atoms. The van der Waals surface area contributed by atoms with Crippen LogP contribution in [0.15, 0.2) is 42.1 Å². The minimum absolute atomic E-state index is 0.00571. The Labute approximate surface area is 138 Å². The highest BCUT2D eigenvalue weighted by Gasteiger charge is 2.30. The predicted octanol–water partition coefficient (Wildman–Crippen LogP) is 2.55. The first-order valence-corrected chi connectivity index (χ1v) is 9.86. The lowest BCUT2D eigenvalue weighted by atomic mass is 10.2. The van der Waals surface area contributed by atoms with E-state index >= 15 is 0 Å². The first kappa shape index (κ1) is 16.2. The fourth-order valence-corrected chi connectivity index (χ4v) is 5.98. The third-order valence-corrected chi connectivity index (χ3v) is 6.82. The van der Waals surface area contributed by atoms with Crippen molar-refractivity contribution in [2.45, 2.75) is 23.4 Å². The van der Waals surface area contributed by atoms with Crippen molar-refractivity contribution >= 4 is 21.6 Å². The first-order valence-electron chi connectivity index (χ1n) is 7.15. The Morgan fingerprint density at radius 1 is 1.35 bits per heavy atom. The van der Waals surface area contributed by atoms with Gasteiger partial charge in [0.05, 0.1) is 11.5 Å². The Kier molecular flexibility index (Phi) is 4.54. The molecule has 0 N–H and O–H groups in total. The quantitative estimate of drug-likeness (QED) is 0.773. The van der Waals surface area contributed by atoms with Crippen LogP contribution in [0.25, 0.3) is 11.4 Å². The molecule has 1 aliphatic rings. The zero-order valence-corrected chi connectivity index (χ0v) is 14.0. The molecule has 5 nitrogen and oxygen atoms in total. The number of thioether (sulfide) groups is 1. The molecule has 8 heteroatoms. The standard InChI is InChI=1S/C15H16FN3O2S2/c1-2-8-19-14(11-3-5-12(16)6-4-11)17-18-15(19)22-13-7-9-23(20,21)10-13/h2-6,13H,1,7-10H2. The molecular weight excluding hydrogens is 337 g/mol. The van der Waals surface area contributed by atoms with E-state index in [0.717, 1.165) is 5.56 Å². The van der Waals surface area contributed by atoms with Gasteiger partial charge < -0.3 is 0 Å². The second-order valence-corrected chi connectivity index (χ2v) is 8.85. The van der Waals surface area contributed by atoms with E-state index in [1.165, 1.54) is 23.9 Å². The van der Waals surface area contributed by atoms with E-state index in [9.17, 15) is 12.8 Å². The second-order valence-electron chi connectivity index (χ2n) is 5.36. The third-order valence-electron chi connectivity index (χ3n) is 3.59. The Balaban J connectivity index is 1.89. The van der Waals surface area contributed by atoms with Crippen LogP contribution in [0.4, 0.5) is 4.39 Å². The van der Waals surface area contributed by atoms with Gasteiger partial charge in [0.2, 0.25) is 0 Å². The maximum Gasteiger partial charge on any atom is 0.192 e. The SMILES string of the molecule is C=CCn1c(SC2CCS(=O)(=O)C2)nnc1-c1ccc(F)cc1. The molecule has 2 aromatic rings. The number of aromatic nitrogens is 3. The van der Waals surface area contributed by atoms with E-state index in [-0.39, 0.29) is 22.6 Å². The molecule has 1 fully saturated rings. The molecule has 23 heavy (non-hydrogen) atoms. The van der Waals surface area contributed by atoms with Crippen LogP contribution in [-0.2, 0) is 16.4 Å². The van der Waals surface area contributed by atoms with E-state index in [1.54, 1.807) is 18.2 Å². The normalized spacial score (nSPS) is 19.8. The lowest BCUT2D eigenvalue weighted by Crippen LogP contribution is -2.08. The fraction of sp³-hybridized carbons (Fsp3) is 0.333. The molecule has 1 aliphatic heterocycles. The minimum atomic E-state index is -2.93. The van der Waals surface area contributed by atoms with Crippen LogP contribution in [0.5, 0.6) is 0 Å². The summed E-state index contributed by atoms with van der Waals surface area (Å²) < 4.78 is 38.1. The minimum Gasteiger partial charge on any atom is -0.298 e. The average molecular weight is 353 g/mol. The van der Waals surface area contributed by atoms with Crippen molar-refractivity contribution in [2.24, 2.45) is 0 Å². The summed E-state index contributed by atoms with van der Waals surface area (Å²) in [6, 6.07) is 6.04. The molecule has 1 aromatic carbocycles. The van der Waals surface area contributed by atoms with E-state index in [0.29, 0.717) is 23.9 Å². The van der Waals surface area contributed by atoms with Gasteiger partial charge in [0.15, 0.2) is 20.8 Å². The number of hydrogen-bond acceptors (Lipinski definition) is 5. The molecule has 0 bridgehead atoms. The van der Waals surface area contributed by atoms with Gasteiger partial charge in [-0.25, -0.2) is 12.8 Å². The maximum atomic E-state index is 13.1. The zero-order chi connectivity index (χ0) is 16.4. The van der Waals surface area contributed by atoms with Gasteiger partial charge in [-0.1, -0.05) is 17.8 Å². The van der Waals surface area contributed by atoms with Gasteiger partial charge in [-0.3, -0.25) is 4.57 Å². The molecule has 0 amide bonds. The Bertz CT molecular complexity index is 816. The number of benzene rings is 1. The Hall–Kier alpha value is -1.67. The number of rotatable bonds is 5. The average Bonchev–Trinajstić information content (AvgIpc) is 3.05. The third kappa shape index (κ3) is 3.64. The zero-order valence-electron chi connectivity index (χ0n) is 12.4. The second kappa shape index (κ2) is 6.45. The molecule has 3 rings (SSSR count). The Morgan fingerprint density at radius 2 is 2.09 bits per heavy atom. The largest absolute Gasteiger partial charge is 0.298 e. The predicted molar refractivity (Wildman–Crippen MR) is 88.5 cm³/mol. The molecule has 0 aliphatic carbocycles. The highest BCUT2D eigenvalue weighted by atomic mass is 32.2. The van der Waals surface area contributed by atoms with E-state index in [4.69, 9.17) is 0 Å².